The molecule has 6 nitrogen and oxygen atoms in total. The monoisotopic (exact) mass is 403 g/mol. The Balaban J connectivity index is 2.18. The van der Waals surface area contributed by atoms with Gasteiger partial charge in [0.15, 0.2) is 0 Å². The summed E-state index contributed by atoms with van der Waals surface area (Å²) in [6.45, 7) is 8.75. The van der Waals surface area contributed by atoms with E-state index in [0.29, 0.717) is 12.2 Å². The van der Waals surface area contributed by atoms with Crippen LogP contribution in [-0.2, 0) is 22.0 Å². The van der Waals surface area contributed by atoms with Crippen LogP contribution in [0, 0.1) is 0 Å². The van der Waals surface area contributed by atoms with E-state index < -0.39 is 16.1 Å². The van der Waals surface area contributed by atoms with Crippen LogP contribution in [0.25, 0.3) is 0 Å². The van der Waals surface area contributed by atoms with Crippen molar-refractivity contribution in [2.45, 2.75) is 45.7 Å². The Morgan fingerprint density at radius 2 is 1.61 bits per heavy atom. The van der Waals surface area contributed by atoms with Crippen molar-refractivity contribution in [2.75, 3.05) is 11.0 Å². The van der Waals surface area contributed by atoms with Crippen molar-refractivity contribution in [2.24, 2.45) is 5.73 Å². The second kappa shape index (κ2) is 8.22. The summed E-state index contributed by atoms with van der Waals surface area (Å²) >= 11 is 0. The lowest BCUT2D eigenvalue weighted by Crippen LogP contribution is -2.37. The first-order chi connectivity index (χ1) is 12.9. The van der Waals surface area contributed by atoms with Crippen LogP contribution in [0.2, 0.25) is 0 Å². The Bertz CT molecular complexity index is 915. The molecular formula is C21H29N3O3S. The number of urea groups is 1. The molecule has 0 saturated heterocycles. The molecule has 28 heavy (non-hydrogen) atoms. The summed E-state index contributed by atoms with van der Waals surface area (Å²) in [5.74, 6) is 0. The van der Waals surface area contributed by atoms with E-state index >= 15 is 0 Å². The molecule has 0 saturated carbocycles. The number of rotatable bonds is 6. The van der Waals surface area contributed by atoms with E-state index in [0.717, 1.165) is 17.4 Å². The zero-order valence-electron chi connectivity index (χ0n) is 17.1. The second-order valence-electron chi connectivity index (χ2n) is 8.09. The third kappa shape index (κ3) is 5.99. The predicted molar refractivity (Wildman–Crippen MR) is 114 cm³/mol. The molecule has 0 radical (unpaired) electrons. The highest BCUT2D eigenvalue weighted by atomic mass is 32.2. The number of hydrogen-bond donors (Lipinski definition) is 2. The van der Waals surface area contributed by atoms with Gasteiger partial charge in [-0.1, -0.05) is 57.2 Å². The predicted octanol–water partition coefficient (Wildman–Crippen LogP) is 4.00. The minimum atomic E-state index is -3.33. The topological polar surface area (TPSA) is 92.5 Å². The quantitative estimate of drug-likeness (QED) is 0.763. The van der Waals surface area contributed by atoms with E-state index in [1.807, 2.05) is 19.1 Å². The smallest absolute Gasteiger partial charge is 0.315 e. The van der Waals surface area contributed by atoms with Crippen molar-refractivity contribution in [1.29, 1.82) is 0 Å². The molecule has 152 valence electrons. The van der Waals surface area contributed by atoms with E-state index in [9.17, 15) is 13.2 Å². The molecule has 2 aromatic rings. The molecule has 7 heteroatoms. The maximum atomic E-state index is 12.1. The van der Waals surface area contributed by atoms with Crippen LogP contribution >= 0.6 is 0 Å². The highest BCUT2D eigenvalue weighted by Crippen LogP contribution is 2.26. The van der Waals surface area contributed by atoms with Crippen LogP contribution in [0.4, 0.5) is 10.5 Å². The standard InChI is InChI=1S/C21H29N3O3S/c1-15(17-8-12-19(13-9-17)23-28(5,26)27)24(20(22)25)14-16-6-10-18(11-7-16)21(2,3)4/h6-13,15,23H,14H2,1-5H3,(H2,22,25). The van der Waals surface area contributed by atoms with Crippen molar-refractivity contribution >= 4 is 21.7 Å². The van der Waals surface area contributed by atoms with Crippen LogP contribution in [0.5, 0.6) is 0 Å². The number of carbonyl (C=O) groups excluding carboxylic acids is 1. The number of benzene rings is 2. The van der Waals surface area contributed by atoms with E-state index in [2.05, 4.69) is 37.6 Å². The number of primary amides is 1. The van der Waals surface area contributed by atoms with E-state index in [1.165, 1.54) is 5.56 Å². The summed E-state index contributed by atoms with van der Waals surface area (Å²) in [6, 6.07) is 14.3. The number of nitrogens with two attached hydrogens (primary N) is 1. The molecule has 0 aromatic heterocycles. The Morgan fingerprint density at radius 3 is 2.04 bits per heavy atom. The molecule has 2 amide bonds. The van der Waals surface area contributed by atoms with Gasteiger partial charge in [-0.3, -0.25) is 4.72 Å². The molecule has 0 fully saturated rings. The minimum Gasteiger partial charge on any atom is -0.351 e. The fourth-order valence-electron chi connectivity index (χ4n) is 2.94. The third-order valence-corrected chi connectivity index (χ3v) is 5.23. The van der Waals surface area contributed by atoms with Gasteiger partial charge in [-0.05, 0) is 41.2 Å². The molecule has 1 atom stereocenters. The summed E-state index contributed by atoms with van der Waals surface area (Å²) < 4.78 is 25.1. The summed E-state index contributed by atoms with van der Waals surface area (Å²) in [4.78, 5) is 13.6. The summed E-state index contributed by atoms with van der Waals surface area (Å²) in [6.07, 6.45) is 1.10. The Morgan fingerprint density at radius 1 is 1.07 bits per heavy atom. The highest BCUT2D eigenvalue weighted by Gasteiger charge is 2.20. The molecule has 0 aliphatic heterocycles. The van der Waals surface area contributed by atoms with Gasteiger partial charge in [-0.15, -0.1) is 0 Å². The van der Waals surface area contributed by atoms with Gasteiger partial charge in [0.1, 0.15) is 0 Å². The molecule has 1 unspecified atom stereocenters. The highest BCUT2D eigenvalue weighted by molar-refractivity contribution is 7.92. The van der Waals surface area contributed by atoms with E-state index in [-0.39, 0.29) is 11.5 Å². The molecule has 2 rings (SSSR count). The average Bonchev–Trinajstić information content (AvgIpc) is 2.58. The van der Waals surface area contributed by atoms with Gasteiger partial charge >= 0.3 is 6.03 Å². The first-order valence-corrected chi connectivity index (χ1v) is 11.0. The van der Waals surface area contributed by atoms with Gasteiger partial charge in [-0.25, -0.2) is 13.2 Å². The number of nitrogens with zero attached hydrogens (tertiary/aromatic N) is 1. The molecule has 0 heterocycles. The third-order valence-electron chi connectivity index (χ3n) is 4.62. The van der Waals surface area contributed by atoms with Crippen LogP contribution in [0.3, 0.4) is 0 Å². The van der Waals surface area contributed by atoms with Gasteiger partial charge in [0.25, 0.3) is 0 Å². The Labute approximate surface area is 167 Å². The van der Waals surface area contributed by atoms with E-state index in [1.54, 1.807) is 29.2 Å². The van der Waals surface area contributed by atoms with Crippen molar-refractivity contribution in [1.82, 2.24) is 4.90 Å². The summed E-state index contributed by atoms with van der Waals surface area (Å²) in [5, 5.41) is 0. The molecule has 0 aliphatic rings. The first kappa shape index (κ1) is 21.8. The normalized spacial score (nSPS) is 13.0. The van der Waals surface area contributed by atoms with Gasteiger partial charge in [0.05, 0.1) is 12.3 Å². The van der Waals surface area contributed by atoms with Gasteiger partial charge in [0, 0.05) is 12.2 Å². The largest absolute Gasteiger partial charge is 0.351 e. The Hall–Kier alpha value is -2.54. The van der Waals surface area contributed by atoms with Gasteiger partial charge in [-0.2, -0.15) is 0 Å². The number of nitrogens with one attached hydrogen (secondary N) is 1. The summed E-state index contributed by atoms with van der Waals surface area (Å²) in [7, 11) is -3.33. The van der Waals surface area contributed by atoms with Crippen molar-refractivity contribution in [3.05, 3.63) is 65.2 Å². The number of carbonyl (C=O) groups is 1. The fourth-order valence-corrected chi connectivity index (χ4v) is 3.50. The van der Waals surface area contributed by atoms with Crippen molar-refractivity contribution in [3.63, 3.8) is 0 Å². The maximum absolute atomic E-state index is 12.1. The van der Waals surface area contributed by atoms with Crippen LogP contribution in [0.1, 0.15) is 50.4 Å². The minimum absolute atomic E-state index is 0.0664. The lowest BCUT2D eigenvalue weighted by atomic mass is 9.86. The number of anilines is 1. The first-order valence-electron chi connectivity index (χ1n) is 9.10. The zero-order valence-corrected chi connectivity index (χ0v) is 17.9. The number of amides is 2. The van der Waals surface area contributed by atoms with Crippen molar-refractivity contribution < 1.29 is 13.2 Å². The zero-order chi connectivity index (χ0) is 21.1. The average molecular weight is 404 g/mol. The lowest BCUT2D eigenvalue weighted by Gasteiger charge is -2.28. The lowest BCUT2D eigenvalue weighted by molar-refractivity contribution is 0.185. The van der Waals surface area contributed by atoms with Crippen LogP contribution < -0.4 is 10.5 Å². The van der Waals surface area contributed by atoms with E-state index in [4.69, 9.17) is 5.73 Å². The Kier molecular flexibility index (Phi) is 6.39. The molecule has 0 spiro atoms. The summed E-state index contributed by atoms with van der Waals surface area (Å²) in [5.41, 5.74) is 9.26. The second-order valence-corrected chi connectivity index (χ2v) is 9.83. The number of sulfonamides is 1. The molecule has 0 aliphatic carbocycles. The SMILES string of the molecule is CC(c1ccc(NS(C)(=O)=O)cc1)N(Cc1ccc(C(C)(C)C)cc1)C(N)=O. The molecule has 0 bridgehead atoms. The van der Waals surface area contributed by atoms with Crippen LogP contribution in [0.15, 0.2) is 48.5 Å². The maximum Gasteiger partial charge on any atom is 0.315 e. The molecule has 2 aromatic carbocycles. The molecule has 3 N–H and O–H groups in total. The fraction of sp³-hybridized carbons (Fsp3) is 0.381. The molecular weight excluding hydrogens is 374 g/mol. The van der Waals surface area contributed by atoms with Gasteiger partial charge in [0.2, 0.25) is 10.0 Å². The number of hydrogen-bond acceptors (Lipinski definition) is 3. The van der Waals surface area contributed by atoms with Gasteiger partial charge < -0.3 is 10.6 Å². The van der Waals surface area contributed by atoms with Crippen LogP contribution in [-0.4, -0.2) is 25.6 Å². The van der Waals surface area contributed by atoms with Crippen molar-refractivity contribution in [3.8, 4) is 0 Å².